The maximum absolute atomic E-state index is 15.3. The molecule has 3 saturated heterocycles. The highest BCUT2D eigenvalue weighted by atomic mass is 35.5. The van der Waals surface area contributed by atoms with Crippen LogP contribution in [0.1, 0.15) is 188 Å². The van der Waals surface area contributed by atoms with Gasteiger partial charge in [-0.2, -0.15) is 13.2 Å². The minimum absolute atomic E-state index is 0.0357. The van der Waals surface area contributed by atoms with Crippen molar-refractivity contribution < 1.29 is 65.9 Å². The number of nitrogens with zero attached hydrogens (tertiary/aromatic N) is 7. The van der Waals surface area contributed by atoms with Gasteiger partial charge in [0, 0.05) is 60.8 Å². The molecule has 11 amide bonds. The van der Waals surface area contributed by atoms with E-state index in [1.165, 1.54) is 75.5 Å². The van der Waals surface area contributed by atoms with E-state index in [1.54, 1.807) is 20.9 Å². The zero-order valence-electron chi connectivity index (χ0n) is 57.0. The molecular weight excluding hydrogens is 1240 g/mol. The third kappa shape index (κ3) is 17.7. The standard InChI is InChI=1S/C68H103ClF3N11O11/c1-12-41(4)56-65(93)77(7)39-55(85)82-34-30-51(82)63(91)80(10)53(38-44-21-14-13-15-22-44)64(92)78(8)43(6)58(86)74-49(29-27-45-26-28-47(48(69)37-45)68(70,71)72)62(90)83-33-20-25-50(83)60(88)76-67(31-18-19-32-67)66(94)81(11)57(46-23-16-17-24-46)61(89)73-42(5)36-54(84)79(9)52(35-40(2)3)59(87)75-56/h26,28,37,40-44,46,49-53,56-57H,12-25,27,29-36,38-39H2,1-11H3,(H,73,89)(H,74,86)(H,75,87)(H,76,88)/t41-,42+,43+,49-,50-,51-,52-,53-,56-,57-/m0/s1. The molecule has 524 valence electrons. The normalized spacial score (nSPS) is 28.7. The number of benzene rings is 1. The Morgan fingerprint density at radius 2 is 1.28 bits per heavy atom. The molecule has 1 aromatic carbocycles. The van der Waals surface area contributed by atoms with E-state index in [2.05, 4.69) is 21.3 Å². The lowest BCUT2D eigenvalue weighted by Crippen LogP contribution is -2.65. The van der Waals surface area contributed by atoms with E-state index in [1.807, 2.05) is 20.8 Å². The number of hydrogen-bond donors (Lipinski definition) is 4. The predicted molar refractivity (Wildman–Crippen MR) is 347 cm³/mol. The first-order chi connectivity index (χ1) is 44.3. The summed E-state index contributed by atoms with van der Waals surface area (Å²) < 4.78 is 41.5. The van der Waals surface area contributed by atoms with E-state index in [0.29, 0.717) is 44.1 Å². The molecule has 3 aliphatic carbocycles. The molecule has 1 aromatic rings. The molecule has 10 atom stereocenters. The van der Waals surface area contributed by atoms with E-state index < -0.39 is 154 Å². The molecule has 0 radical (unpaired) electrons. The molecule has 7 rings (SSSR count). The number of halogens is 4. The molecular formula is C68H103ClF3N11O11. The smallest absolute Gasteiger partial charge is 0.351 e. The van der Waals surface area contributed by atoms with Gasteiger partial charge in [0.2, 0.25) is 65.0 Å². The highest BCUT2D eigenvalue weighted by molar-refractivity contribution is 6.31. The first-order valence-corrected chi connectivity index (χ1v) is 34.7. The van der Waals surface area contributed by atoms with Crippen LogP contribution in [-0.2, 0) is 65.3 Å². The molecule has 1 spiro atoms. The van der Waals surface area contributed by atoms with E-state index in [-0.39, 0.29) is 88.6 Å². The molecule has 3 aliphatic heterocycles. The maximum Gasteiger partial charge on any atom is 0.417 e. The number of carbonyl (C=O) groups excluding carboxylic acids is 11. The number of alkyl halides is 3. The topological polar surface area (TPSA) is 259 Å². The number of likely N-dealkylation sites (N-methyl/N-ethyl adjacent to an activating group) is 5. The molecule has 0 bridgehead atoms. The van der Waals surface area contributed by atoms with Gasteiger partial charge in [0.1, 0.15) is 53.9 Å². The number of rotatable bonds is 10. The molecule has 26 heteroatoms. The number of aryl methyl sites for hydroxylation is 1. The molecule has 6 aliphatic rings. The van der Waals surface area contributed by atoms with Crippen LogP contribution in [0.5, 0.6) is 0 Å². The van der Waals surface area contributed by atoms with Gasteiger partial charge in [0.25, 0.3) is 0 Å². The second-order valence-corrected chi connectivity index (χ2v) is 28.7. The average Bonchev–Trinajstić information content (AvgIpc) is 1.38. The number of hydrogen-bond acceptors (Lipinski definition) is 11. The lowest BCUT2D eigenvalue weighted by molar-refractivity contribution is -0.158. The molecule has 4 N–H and O–H groups in total. The van der Waals surface area contributed by atoms with Gasteiger partial charge in [-0.1, -0.05) is 110 Å². The summed E-state index contributed by atoms with van der Waals surface area (Å²) in [4.78, 5) is 172. The Hall–Kier alpha value is -6.53. The van der Waals surface area contributed by atoms with Crippen LogP contribution < -0.4 is 21.3 Å². The third-order valence-corrected chi connectivity index (χ3v) is 21.5. The highest BCUT2D eigenvalue weighted by Crippen LogP contribution is 2.38. The largest absolute Gasteiger partial charge is 0.417 e. The lowest BCUT2D eigenvalue weighted by atomic mass is 9.84. The van der Waals surface area contributed by atoms with Crippen molar-refractivity contribution in [3.05, 3.63) is 34.3 Å². The van der Waals surface area contributed by atoms with Crippen LogP contribution in [0.4, 0.5) is 13.2 Å². The summed E-state index contributed by atoms with van der Waals surface area (Å²) in [6.45, 7) is 10.4. The van der Waals surface area contributed by atoms with Crippen LogP contribution in [-0.4, -0.2) is 214 Å². The summed E-state index contributed by atoms with van der Waals surface area (Å²) in [5.41, 5.74) is -2.22. The molecule has 94 heavy (non-hydrogen) atoms. The van der Waals surface area contributed by atoms with Gasteiger partial charge in [-0.15, -0.1) is 0 Å². The van der Waals surface area contributed by atoms with Gasteiger partial charge in [-0.3, -0.25) is 52.7 Å². The fourth-order valence-electron chi connectivity index (χ4n) is 14.9. The van der Waals surface area contributed by atoms with Crippen molar-refractivity contribution in [3.63, 3.8) is 0 Å². The van der Waals surface area contributed by atoms with Crippen LogP contribution in [0.15, 0.2) is 18.2 Å². The Labute approximate surface area is 557 Å². The van der Waals surface area contributed by atoms with Crippen molar-refractivity contribution in [3.8, 4) is 0 Å². The number of fused-ring (bicyclic) bond motifs is 2. The first kappa shape index (κ1) is 74.9. The van der Waals surface area contributed by atoms with Crippen LogP contribution in [0.25, 0.3) is 0 Å². The van der Waals surface area contributed by atoms with Crippen LogP contribution >= 0.6 is 11.6 Å². The minimum atomic E-state index is -4.74. The quantitative estimate of drug-likeness (QED) is 0.204. The van der Waals surface area contributed by atoms with Crippen molar-refractivity contribution in [1.29, 1.82) is 0 Å². The summed E-state index contributed by atoms with van der Waals surface area (Å²) in [6.07, 6.45) is 5.40. The van der Waals surface area contributed by atoms with Gasteiger partial charge >= 0.3 is 6.18 Å². The molecule has 0 aromatic heterocycles. The zero-order valence-corrected chi connectivity index (χ0v) is 57.8. The summed E-state index contributed by atoms with van der Waals surface area (Å²) in [5.74, 6) is -7.11. The summed E-state index contributed by atoms with van der Waals surface area (Å²) in [7, 11) is 7.40. The molecule has 3 saturated carbocycles. The van der Waals surface area contributed by atoms with E-state index in [0.717, 1.165) is 57.1 Å². The molecule has 6 fully saturated rings. The average molecular weight is 1340 g/mol. The molecule has 3 heterocycles. The molecule has 22 nitrogen and oxygen atoms in total. The second-order valence-electron chi connectivity index (χ2n) is 28.3. The van der Waals surface area contributed by atoms with Gasteiger partial charge < -0.3 is 55.6 Å². The molecule has 0 unspecified atom stereocenters. The van der Waals surface area contributed by atoms with Gasteiger partial charge in [0.05, 0.1) is 17.1 Å². The summed E-state index contributed by atoms with van der Waals surface area (Å²) in [5, 5.41) is 11.3. The van der Waals surface area contributed by atoms with Gasteiger partial charge in [0.15, 0.2) is 0 Å². The fourth-order valence-corrected chi connectivity index (χ4v) is 15.2. The summed E-state index contributed by atoms with van der Waals surface area (Å²) in [6, 6.07) is -6.69. The van der Waals surface area contributed by atoms with Crippen molar-refractivity contribution in [1.82, 2.24) is 55.6 Å². The van der Waals surface area contributed by atoms with Crippen LogP contribution in [0.2, 0.25) is 5.02 Å². The Kier molecular flexibility index (Phi) is 25.9. The van der Waals surface area contributed by atoms with E-state index in [4.69, 9.17) is 11.6 Å². The monoisotopic (exact) mass is 1340 g/mol. The Bertz CT molecular complexity index is 2940. The Morgan fingerprint density at radius 3 is 1.87 bits per heavy atom. The van der Waals surface area contributed by atoms with Gasteiger partial charge in [-0.25, -0.2) is 0 Å². The van der Waals surface area contributed by atoms with Crippen molar-refractivity contribution in [2.45, 2.75) is 249 Å². The Balaban J connectivity index is 1.25. The van der Waals surface area contributed by atoms with Gasteiger partial charge in [-0.05, 0) is 126 Å². The van der Waals surface area contributed by atoms with Crippen LogP contribution in [0, 0.1) is 23.7 Å². The third-order valence-electron chi connectivity index (χ3n) is 21.2. The maximum atomic E-state index is 15.3. The number of nitrogens with one attached hydrogen (secondary N) is 4. The highest BCUT2D eigenvalue weighted by Gasteiger charge is 2.51. The first-order valence-electron chi connectivity index (χ1n) is 34.3. The van der Waals surface area contributed by atoms with Crippen molar-refractivity contribution in [2.75, 3.05) is 54.9 Å². The SMILES string of the molecule is CC[C@H](C)[C@@H]1NC(=O)[C@H](CC(C)C)N(C)C(=O)C[C@@H](C)NC(=O)[C@H](C2CCCC2)N(C)C(=O)C2(CCCC2)NC(=O)[C@@H]2CCCN2C(=O)[C@H](CCc2ccc(C(F)(F)F)c(Cl)c2)NC(=O)[C@@H](C)N(C)C(=O)[C@H](CC2CCCCC2)N(C)C(=O)[C@@H]2CCN2C(=O)CN(C)C1=O. The Morgan fingerprint density at radius 1 is 0.628 bits per heavy atom. The fraction of sp³-hybridized carbons (Fsp3) is 0.750. The van der Waals surface area contributed by atoms with Crippen molar-refractivity contribution in [2.24, 2.45) is 23.7 Å². The minimum Gasteiger partial charge on any atom is -0.351 e. The van der Waals surface area contributed by atoms with Crippen LogP contribution in [0.3, 0.4) is 0 Å². The summed E-state index contributed by atoms with van der Waals surface area (Å²) >= 11 is 6.16. The number of amides is 11. The zero-order chi connectivity index (χ0) is 69.3. The second kappa shape index (κ2) is 32.5. The van der Waals surface area contributed by atoms with E-state index in [9.17, 15) is 51.5 Å². The lowest BCUT2D eigenvalue weighted by Gasteiger charge is -2.44. The number of carbonyl (C=O) groups is 11. The van der Waals surface area contributed by atoms with Crippen molar-refractivity contribution >= 4 is 76.6 Å². The predicted octanol–water partition coefficient (Wildman–Crippen LogP) is 6.23. The van der Waals surface area contributed by atoms with E-state index >= 15 is 14.4 Å².